The van der Waals surface area contributed by atoms with Crippen molar-refractivity contribution in [3.8, 4) is 0 Å². The molecule has 2 aliphatic rings. The fourth-order valence-electron chi connectivity index (χ4n) is 1.98. The van der Waals surface area contributed by atoms with E-state index in [2.05, 4.69) is 10.3 Å². The third-order valence-corrected chi connectivity index (χ3v) is 2.81. The van der Waals surface area contributed by atoms with Crippen LogP contribution in [0.2, 0.25) is 0 Å². The topological polar surface area (TPSA) is 80.0 Å². The summed E-state index contributed by atoms with van der Waals surface area (Å²) in [5, 5.41) is 3.05. The summed E-state index contributed by atoms with van der Waals surface area (Å²) in [5.41, 5.74) is 7.37. The normalized spacial score (nSPS) is 19.9. The second-order valence-corrected chi connectivity index (χ2v) is 5.56. The Morgan fingerprint density at radius 3 is 2.89 bits per heavy atom. The lowest BCUT2D eigenvalue weighted by Gasteiger charge is -2.33. The van der Waals surface area contributed by atoms with Crippen LogP contribution in [-0.2, 0) is 4.74 Å². The van der Waals surface area contributed by atoms with Crippen LogP contribution < -0.4 is 11.1 Å². The van der Waals surface area contributed by atoms with E-state index in [0.29, 0.717) is 25.6 Å². The number of hydrogen-bond acceptors (Lipinski definition) is 5. The van der Waals surface area contributed by atoms with E-state index in [1.54, 1.807) is 4.90 Å². The molecule has 100 valence electrons. The highest BCUT2D eigenvalue weighted by molar-refractivity contribution is 5.81. The van der Waals surface area contributed by atoms with Crippen molar-refractivity contribution in [3.63, 3.8) is 0 Å². The average Bonchev–Trinajstić information content (AvgIpc) is 2.26. The molecule has 2 heterocycles. The van der Waals surface area contributed by atoms with Crippen LogP contribution in [0.15, 0.2) is 16.3 Å². The van der Waals surface area contributed by atoms with E-state index in [9.17, 15) is 4.79 Å². The molecular formula is C12H20N4O2. The minimum absolute atomic E-state index is 0.267. The first-order chi connectivity index (χ1) is 8.35. The van der Waals surface area contributed by atoms with Crippen molar-refractivity contribution in [2.75, 3.05) is 19.6 Å². The summed E-state index contributed by atoms with van der Waals surface area (Å²) in [5.74, 6) is 0.458. The van der Waals surface area contributed by atoms with Crippen LogP contribution in [0, 0.1) is 0 Å². The molecule has 0 fully saturated rings. The van der Waals surface area contributed by atoms with Crippen molar-refractivity contribution in [2.45, 2.75) is 32.8 Å². The van der Waals surface area contributed by atoms with Crippen LogP contribution in [-0.4, -0.2) is 42.2 Å². The maximum atomic E-state index is 12.0. The lowest BCUT2D eigenvalue weighted by atomic mass is 10.1. The van der Waals surface area contributed by atoms with Crippen LogP contribution >= 0.6 is 0 Å². The van der Waals surface area contributed by atoms with Crippen LogP contribution in [0.4, 0.5) is 4.79 Å². The van der Waals surface area contributed by atoms with Gasteiger partial charge in [0.1, 0.15) is 5.60 Å². The zero-order chi connectivity index (χ0) is 13.3. The summed E-state index contributed by atoms with van der Waals surface area (Å²) >= 11 is 0. The van der Waals surface area contributed by atoms with Crippen molar-refractivity contribution >= 4 is 12.1 Å². The highest BCUT2D eigenvalue weighted by Gasteiger charge is 2.28. The van der Waals surface area contributed by atoms with Gasteiger partial charge in [0.15, 0.2) is 5.96 Å². The van der Waals surface area contributed by atoms with Gasteiger partial charge in [-0.05, 0) is 26.3 Å². The molecule has 0 aromatic carbocycles. The van der Waals surface area contributed by atoms with E-state index in [-0.39, 0.29) is 6.09 Å². The Bertz CT molecular complexity index is 420. The molecule has 6 heteroatoms. The van der Waals surface area contributed by atoms with Crippen LogP contribution in [0.3, 0.4) is 0 Å². The van der Waals surface area contributed by atoms with E-state index in [0.717, 1.165) is 17.7 Å². The van der Waals surface area contributed by atoms with Crippen LogP contribution in [0.25, 0.3) is 0 Å². The minimum Gasteiger partial charge on any atom is -0.444 e. The number of carbonyl (C=O) groups is 1. The number of guanidine groups is 1. The lowest BCUT2D eigenvalue weighted by Crippen LogP contribution is -2.45. The van der Waals surface area contributed by atoms with E-state index in [1.807, 2.05) is 20.8 Å². The van der Waals surface area contributed by atoms with E-state index in [4.69, 9.17) is 10.5 Å². The fourth-order valence-corrected chi connectivity index (χ4v) is 1.98. The largest absolute Gasteiger partial charge is 0.444 e. The number of aliphatic imine (C=N–C) groups is 1. The number of rotatable bonds is 0. The maximum absolute atomic E-state index is 12.0. The van der Waals surface area contributed by atoms with Crippen molar-refractivity contribution in [1.29, 1.82) is 0 Å². The zero-order valence-corrected chi connectivity index (χ0v) is 11.1. The molecule has 2 aliphatic heterocycles. The fraction of sp³-hybridized carbons (Fsp3) is 0.667. The summed E-state index contributed by atoms with van der Waals surface area (Å²) < 4.78 is 5.36. The first kappa shape index (κ1) is 12.7. The predicted octanol–water partition coefficient (Wildman–Crippen LogP) is 0.799. The smallest absolute Gasteiger partial charge is 0.410 e. The first-order valence-corrected chi connectivity index (χ1v) is 6.11. The molecule has 0 saturated carbocycles. The number of nitrogens with one attached hydrogen (secondary N) is 1. The van der Waals surface area contributed by atoms with Gasteiger partial charge in [0, 0.05) is 25.2 Å². The number of ether oxygens (including phenoxy) is 1. The quantitative estimate of drug-likeness (QED) is 0.668. The second-order valence-electron chi connectivity index (χ2n) is 5.56. The van der Waals surface area contributed by atoms with Gasteiger partial charge in [0.2, 0.25) is 0 Å². The molecule has 0 aromatic heterocycles. The highest BCUT2D eigenvalue weighted by atomic mass is 16.6. The van der Waals surface area contributed by atoms with Gasteiger partial charge < -0.3 is 20.7 Å². The third-order valence-electron chi connectivity index (χ3n) is 2.81. The SMILES string of the molecule is CC(C)(C)OC(=O)N1CCC2=C(CN=C(N)N2)C1. The Morgan fingerprint density at radius 2 is 2.22 bits per heavy atom. The van der Waals surface area contributed by atoms with Gasteiger partial charge in [-0.2, -0.15) is 0 Å². The number of hydrogen-bond donors (Lipinski definition) is 2. The van der Waals surface area contributed by atoms with E-state index < -0.39 is 5.60 Å². The van der Waals surface area contributed by atoms with Crippen molar-refractivity contribution < 1.29 is 9.53 Å². The first-order valence-electron chi connectivity index (χ1n) is 6.11. The molecule has 0 radical (unpaired) electrons. The van der Waals surface area contributed by atoms with Crippen molar-refractivity contribution in [3.05, 3.63) is 11.3 Å². The molecule has 0 atom stereocenters. The van der Waals surface area contributed by atoms with E-state index in [1.165, 1.54) is 0 Å². The third kappa shape index (κ3) is 2.94. The monoisotopic (exact) mass is 252 g/mol. The Labute approximate surface area is 107 Å². The summed E-state index contributed by atoms with van der Waals surface area (Å²) in [7, 11) is 0. The average molecular weight is 252 g/mol. The van der Waals surface area contributed by atoms with Crippen LogP contribution in [0.5, 0.6) is 0 Å². The molecule has 6 nitrogen and oxygen atoms in total. The molecule has 0 unspecified atom stereocenters. The van der Waals surface area contributed by atoms with Gasteiger partial charge in [-0.3, -0.25) is 0 Å². The van der Waals surface area contributed by atoms with Gasteiger partial charge in [-0.25, -0.2) is 9.79 Å². The molecule has 2 rings (SSSR count). The van der Waals surface area contributed by atoms with Gasteiger partial charge in [-0.15, -0.1) is 0 Å². The Morgan fingerprint density at radius 1 is 1.50 bits per heavy atom. The van der Waals surface area contributed by atoms with Crippen molar-refractivity contribution in [1.82, 2.24) is 10.2 Å². The highest BCUT2D eigenvalue weighted by Crippen LogP contribution is 2.20. The molecule has 0 aliphatic carbocycles. The molecule has 0 saturated heterocycles. The second kappa shape index (κ2) is 4.51. The Kier molecular flexibility index (Phi) is 3.19. The van der Waals surface area contributed by atoms with Crippen LogP contribution in [0.1, 0.15) is 27.2 Å². The molecule has 3 N–H and O–H groups in total. The molecule has 1 amide bonds. The molecule has 0 bridgehead atoms. The number of nitrogens with zero attached hydrogens (tertiary/aromatic N) is 2. The van der Waals surface area contributed by atoms with Crippen molar-refractivity contribution in [2.24, 2.45) is 10.7 Å². The molecule has 0 spiro atoms. The van der Waals surface area contributed by atoms with E-state index >= 15 is 0 Å². The van der Waals surface area contributed by atoms with Gasteiger partial charge in [-0.1, -0.05) is 0 Å². The Hall–Kier alpha value is -1.72. The van der Waals surface area contributed by atoms with Gasteiger partial charge in [0.25, 0.3) is 0 Å². The maximum Gasteiger partial charge on any atom is 0.410 e. The molecule has 0 aromatic rings. The number of amides is 1. The summed E-state index contributed by atoms with van der Waals surface area (Å²) in [6.45, 7) is 7.38. The number of carbonyl (C=O) groups excluding carboxylic acids is 1. The standard InChI is InChI=1S/C12H20N4O2/c1-12(2,3)18-11(17)16-5-4-9-8(7-16)6-14-10(13)15-9/h4-7H2,1-3H3,(H3,13,14,15). The van der Waals surface area contributed by atoms with Gasteiger partial charge in [0.05, 0.1) is 6.54 Å². The summed E-state index contributed by atoms with van der Waals surface area (Å²) in [6.07, 6.45) is 0.502. The summed E-state index contributed by atoms with van der Waals surface area (Å²) in [6, 6.07) is 0. The summed E-state index contributed by atoms with van der Waals surface area (Å²) in [4.78, 5) is 17.8. The molecular weight excluding hydrogens is 232 g/mol. The Balaban J connectivity index is 1.98. The predicted molar refractivity (Wildman–Crippen MR) is 69.1 cm³/mol. The minimum atomic E-state index is -0.459. The lowest BCUT2D eigenvalue weighted by molar-refractivity contribution is 0.0258. The number of nitrogens with two attached hydrogens (primary N) is 1. The zero-order valence-electron chi connectivity index (χ0n) is 11.1. The van der Waals surface area contributed by atoms with Gasteiger partial charge >= 0.3 is 6.09 Å². The molecule has 18 heavy (non-hydrogen) atoms.